The van der Waals surface area contributed by atoms with Gasteiger partial charge in [0, 0.05) is 18.0 Å². The third kappa shape index (κ3) is 2.21. The van der Waals surface area contributed by atoms with Crippen LogP contribution in [0.2, 0.25) is 0 Å². The molecule has 1 heterocycles. The molecule has 0 unspecified atom stereocenters. The van der Waals surface area contributed by atoms with Gasteiger partial charge in [0.05, 0.1) is 0 Å². The summed E-state index contributed by atoms with van der Waals surface area (Å²) >= 11 is 0. The number of pyridine rings is 1. The minimum absolute atomic E-state index is 0.165. The fourth-order valence-electron chi connectivity index (χ4n) is 0.858. The topological polar surface area (TPSA) is 45.9 Å². The summed E-state index contributed by atoms with van der Waals surface area (Å²) in [4.78, 5) is 3.96. The summed E-state index contributed by atoms with van der Waals surface area (Å²) < 4.78 is 5.16. The zero-order chi connectivity index (χ0) is 9.68. The van der Waals surface area contributed by atoms with Crippen LogP contribution in [-0.4, -0.2) is 11.6 Å². The number of ether oxygens (including phenoxy) is 1. The Kier molecular flexibility index (Phi) is 2.89. The van der Waals surface area contributed by atoms with Crippen molar-refractivity contribution in [2.75, 3.05) is 6.61 Å². The van der Waals surface area contributed by atoms with Crippen LogP contribution in [0, 0.1) is 30.6 Å². The van der Waals surface area contributed by atoms with E-state index >= 15 is 0 Å². The highest BCUT2D eigenvalue weighted by molar-refractivity contribution is 5.41. The maximum atomic E-state index is 8.69. The van der Waals surface area contributed by atoms with Crippen LogP contribution in [0.3, 0.4) is 0 Å². The smallest absolute Gasteiger partial charge is 0.148 e. The summed E-state index contributed by atoms with van der Waals surface area (Å²) in [5, 5.41) is 8.69. The van der Waals surface area contributed by atoms with Crippen LogP contribution in [0.1, 0.15) is 11.3 Å². The van der Waals surface area contributed by atoms with Crippen molar-refractivity contribution in [3.05, 3.63) is 23.5 Å². The van der Waals surface area contributed by atoms with E-state index in [4.69, 9.17) is 16.4 Å². The molecule has 0 N–H and O–H groups in total. The Morgan fingerprint density at radius 3 is 3.08 bits per heavy atom. The minimum Gasteiger partial charge on any atom is -0.479 e. The second-order valence-corrected chi connectivity index (χ2v) is 2.43. The fourth-order valence-corrected chi connectivity index (χ4v) is 0.858. The van der Waals surface area contributed by atoms with E-state index < -0.39 is 0 Å². The van der Waals surface area contributed by atoms with Gasteiger partial charge in [-0.15, -0.1) is 6.42 Å². The number of aryl methyl sites for hydroxylation is 1. The first-order valence-corrected chi connectivity index (χ1v) is 3.71. The second-order valence-electron chi connectivity index (χ2n) is 2.43. The van der Waals surface area contributed by atoms with Gasteiger partial charge < -0.3 is 4.74 Å². The maximum absolute atomic E-state index is 8.69. The van der Waals surface area contributed by atoms with Crippen molar-refractivity contribution in [2.24, 2.45) is 0 Å². The summed E-state index contributed by atoms with van der Waals surface area (Å²) in [5.41, 5.74) is 1.20. The quantitative estimate of drug-likeness (QED) is 0.631. The lowest BCUT2D eigenvalue weighted by atomic mass is 10.2. The van der Waals surface area contributed by atoms with E-state index in [9.17, 15) is 0 Å². The molecular weight excluding hydrogens is 164 g/mol. The molecule has 64 valence electrons. The standard InChI is InChI=1S/C10H8N2O/c1-3-4-13-10-5-8(2)12-7-9(10)6-11/h1,5,7H,4H2,2H3. The van der Waals surface area contributed by atoms with Crippen molar-refractivity contribution in [1.82, 2.24) is 4.98 Å². The summed E-state index contributed by atoms with van der Waals surface area (Å²) in [6.45, 7) is 1.99. The summed E-state index contributed by atoms with van der Waals surface area (Å²) in [5.74, 6) is 2.83. The minimum atomic E-state index is 0.165. The Hall–Kier alpha value is -2.00. The summed E-state index contributed by atoms with van der Waals surface area (Å²) in [6.07, 6.45) is 6.51. The third-order valence-electron chi connectivity index (χ3n) is 1.43. The number of terminal acetylenes is 1. The normalized spacial score (nSPS) is 8.54. The van der Waals surface area contributed by atoms with E-state index in [0.717, 1.165) is 5.69 Å². The van der Waals surface area contributed by atoms with Crippen LogP contribution in [0.4, 0.5) is 0 Å². The van der Waals surface area contributed by atoms with Crippen molar-refractivity contribution < 1.29 is 4.74 Å². The maximum Gasteiger partial charge on any atom is 0.148 e. The van der Waals surface area contributed by atoms with Crippen LogP contribution in [0.5, 0.6) is 5.75 Å². The molecule has 0 aromatic carbocycles. The van der Waals surface area contributed by atoms with Gasteiger partial charge in [0.15, 0.2) is 0 Å². The number of aromatic nitrogens is 1. The molecular formula is C10H8N2O. The lowest BCUT2D eigenvalue weighted by Crippen LogP contribution is -1.97. The van der Waals surface area contributed by atoms with Gasteiger partial charge in [0.1, 0.15) is 24.0 Å². The molecule has 0 atom stereocenters. The lowest BCUT2D eigenvalue weighted by Gasteiger charge is -2.04. The number of nitriles is 1. The Bertz CT molecular complexity index is 385. The highest BCUT2D eigenvalue weighted by Crippen LogP contribution is 2.16. The SMILES string of the molecule is C#CCOc1cc(C)ncc1C#N. The molecule has 0 bridgehead atoms. The van der Waals surface area contributed by atoms with Gasteiger partial charge in [0.25, 0.3) is 0 Å². The van der Waals surface area contributed by atoms with E-state index in [-0.39, 0.29) is 6.61 Å². The largest absolute Gasteiger partial charge is 0.479 e. The summed E-state index contributed by atoms with van der Waals surface area (Å²) in [7, 11) is 0. The van der Waals surface area contributed by atoms with Gasteiger partial charge in [-0.25, -0.2) is 0 Å². The summed E-state index contributed by atoms with van der Waals surface area (Å²) in [6, 6.07) is 3.67. The second kappa shape index (κ2) is 4.13. The van der Waals surface area contributed by atoms with Crippen molar-refractivity contribution in [2.45, 2.75) is 6.92 Å². The Labute approximate surface area is 77.0 Å². The zero-order valence-electron chi connectivity index (χ0n) is 7.24. The van der Waals surface area contributed by atoms with Crippen molar-refractivity contribution in [3.63, 3.8) is 0 Å². The molecule has 0 aliphatic heterocycles. The molecule has 3 nitrogen and oxygen atoms in total. The van der Waals surface area contributed by atoms with Gasteiger partial charge in [-0.05, 0) is 6.92 Å². The van der Waals surface area contributed by atoms with Crippen LogP contribution >= 0.6 is 0 Å². The predicted octanol–water partition coefficient (Wildman–Crippen LogP) is 1.27. The molecule has 0 aliphatic rings. The molecule has 1 rings (SSSR count). The lowest BCUT2D eigenvalue weighted by molar-refractivity contribution is 0.368. The molecule has 0 aliphatic carbocycles. The van der Waals surface area contributed by atoms with Crippen molar-refractivity contribution in [1.29, 1.82) is 5.26 Å². The molecule has 1 aromatic heterocycles. The number of hydrogen-bond donors (Lipinski definition) is 0. The molecule has 3 heteroatoms. The van der Waals surface area contributed by atoms with Crippen LogP contribution in [0.25, 0.3) is 0 Å². The zero-order valence-corrected chi connectivity index (χ0v) is 7.24. The molecule has 0 saturated carbocycles. The first-order valence-electron chi connectivity index (χ1n) is 3.71. The van der Waals surface area contributed by atoms with Gasteiger partial charge in [-0.2, -0.15) is 5.26 Å². The van der Waals surface area contributed by atoms with Crippen molar-refractivity contribution >= 4 is 0 Å². The van der Waals surface area contributed by atoms with Crippen molar-refractivity contribution in [3.8, 4) is 24.2 Å². The first-order chi connectivity index (χ1) is 6.27. The Morgan fingerprint density at radius 1 is 1.69 bits per heavy atom. The molecule has 0 radical (unpaired) electrons. The molecule has 0 fully saturated rings. The first kappa shape index (κ1) is 9.09. The van der Waals surface area contributed by atoms with Crippen LogP contribution < -0.4 is 4.74 Å². The fraction of sp³-hybridized carbons (Fsp3) is 0.200. The van der Waals surface area contributed by atoms with Crippen LogP contribution in [-0.2, 0) is 0 Å². The van der Waals surface area contributed by atoms with Gasteiger partial charge in [-0.1, -0.05) is 5.92 Å². The number of rotatable bonds is 2. The van der Waals surface area contributed by atoms with Gasteiger partial charge in [-0.3, -0.25) is 4.98 Å². The highest BCUT2D eigenvalue weighted by Gasteiger charge is 2.02. The van der Waals surface area contributed by atoms with E-state index in [0.29, 0.717) is 11.3 Å². The molecule has 0 saturated heterocycles. The average molecular weight is 172 g/mol. The Morgan fingerprint density at radius 2 is 2.46 bits per heavy atom. The average Bonchev–Trinajstić information content (AvgIpc) is 2.15. The molecule has 13 heavy (non-hydrogen) atoms. The monoisotopic (exact) mass is 172 g/mol. The molecule has 1 aromatic rings. The van der Waals surface area contributed by atoms with Gasteiger partial charge in [0.2, 0.25) is 0 Å². The van der Waals surface area contributed by atoms with E-state index in [1.165, 1.54) is 6.20 Å². The van der Waals surface area contributed by atoms with E-state index in [1.54, 1.807) is 6.07 Å². The van der Waals surface area contributed by atoms with Gasteiger partial charge >= 0.3 is 0 Å². The highest BCUT2D eigenvalue weighted by atomic mass is 16.5. The Balaban J connectivity index is 2.97. The van der Waals surface area contributed by atoms with Crippen LogP contribution in [0.15, 0.2) is 12.3 Å². The molecule has 0 amide bonds. The third-order valence-corrected chi connectivity index (χ3v) is 1.43. The number of hydrogen-bond acceptors (Lipinski definition) is 3. The molecule has 0 spiro atoms. The van der Waals surface area contributed by atoms with E-state index in [1.807, 2.05) is 13.0 Å². The predicted molar refractivity (Wildman–Crippen MR) is 48.0 cm³/mol. The number of nitrogens with zero attached hydrogens (tertiary/aromatic N) is 2. The van der Waals surface area contributed by atoms with E-state index in [2.05, 4.69) is 10.9 Å².